The molecule has 0 spiro atoms. The predicted octanol–water partition coefficient (Wildman–Crippen LogP) is 3.80. The maximum absolute atomic E-state index is 11.1. The third-order valence-corrected chi connectivity index (χ3v) is 3.38. The number of phosphoric acid groups is 1. The van der Waals surface area contributed by atoms with Gasteiger partial charge in [-0.05, 0) is 35.4 Å². The minimum Gasteiger partial charge on any atom is -0.404 e. The Hall–Kier alpha value is -0.830. The van der Waals surface area contributed by atoms with Gasteiger partial charge in [0.15, 0.2) is 0 Å². The maximum atomic E-state index is 11.1. The fourth-order valence-electron chi connectivity index (χ4n) is 1.81. The van der Waals surface area contributed by atoms with Gasteiger partial charge in [0.25, 0.3) is 0 Å². The molecule has 0 saturated heterocycles. The van der Waals surface area contributed by atoms with E-state index in [0.29, 0.717) is 5.75 Å². The molecule has 0 atom stereocenters. The van der Waals surface area contributed by atoms with Crippen LogP contribution in [0, 0.1) is 0 Å². The second kappa shape index (κ2) is 6.08. The van der Waals surface area contributed by atoms with Crippen LogP contribution < -0.4 is 4.52 Å². The van der Waals surface area contributed by atoms with Gasteiger partial charge >= 0.3 is 7.82 Å². The monoisotopic (exact) mass is 286 g/mol. The average Bonchev–Trinajstić information content (AvgIpc) is 2.24. The Kier molecular flexibility index (Phi) is 5.19. The van der Waals surface area contributed by atoms with Gasteiger partial charge in [0.2, 0.25) is 0 Å². The van der Waals surface area contributed by atoms with E-state index in [1.807, 2.05) is 12.1 Å². The molecule has 2 N–H and O–H groups in total. The standard InChI is InChI=1S/C14H23O4P/c1-5-6-7-11-8-9-12(14(2,3)4)10-13(11)18-19(15,16)17/h8-10H,5-7H2,1-4H3,(H2,15,16,17). The van der Waals surface area contributed by atoms with Crippen LogP contribution >= 0.6 is 7.82 Å². The van der Waals surface area contributed by atoms with Crippen molar-refractivity contribution in [3.05, 3.63) is 29.3 Å². The molecule has 0 saturated carbocycles. The van der Waals surface area contributed by atoms with E-state index in [-0.39, 0.29) is 5.41 Å². The van der Waals surface area contributed by atoms with E-state index in [9.17, 15) is 4.57 Å². The van der Waals surface area contributed by atoms with E-state index in [2.05, 4.69) is 27.7 Å². The third kappa shape index (κ3) is 5.35. The fraction of sp³-hybridized carbons (Fsp3) is 0.571. The number of hydrogen-bond acceptors (Lipinski definition) is 2. The molecule has 4 nitrogen and oxygen atoms in total. The van der Waals surface area contributed by atoms with Gasteiger partial charge in [0, 0.05) is 0 Å². The summed E-state index contributed by atoms with van der Waals surface area (Å²) in [4.78, 5) is 18.0. The second-order valence-electron chi connectivity index (χ2n) is 5.76. The van der Waals surface area contributed by atoms with Crippen LogP contribution in [-0.2, 0) is 16.4 Å². The number of aryl methyl sites for hydroxylation is 1. The number of phosphoric ester groups is 1. The normalized spacial score (nSPS) is 12.5. The Labute approximate surface area is 115 Å². The molecule has 5 heteroatoms. The third-order valence-electron chi connectivity index (χ3n) is 2.95. The molecule has 0 aliphatic heterocycles. The van der Waals surface area contributed by atoms with Crippen LogP contribution in [-0.4, -0.2) is 9.79 Å². The SMILES string of the molecule is CCCCc1ccc(C(C)(C)C)cc1OP(=O)(O)O. The van der Waals surface area contributed by atoms with Gasteiger partial charge in [-0.1, -0.05) is 46.2 Å². The van der Waals surface area contributed by atoms with Crippen molar-refractivity contribution in [1.82, 2.24) is 0 Å². The van der Waals surface area contributed by atoms with Crippen molar-refractivity contribution in [1.29, 1.82) is 0 Å². The Morgan fingerprint density at radius 1 is 1.26 bits per heavy atom. The maximum Gasteiger partial charge on any atom is 0.524 e. The molecule has 0 radical (unpaired) electrons. The van der Waals surface area contributed by atoms with E-state index < -0.39 is 7.82 Å². The number of benzene rings is 1. The molecule has 0 fully saturated rings. The first-order valence-corrected chi connectivity index (χ1v) is 8.05. The Morgan fingerprint density at radius 3 is 2.37 bits per heavy atom. The van der Waals surface area contributed by atoms with Crippen molar-refractivity contribution in [3.8, 4) is 5.75 Å². The number of rotatable bonds is 5. The van der Waals surface area contributed by atoms with Crippen LogP contribution in [0.2, 0.25) is 0 Å². The van der Waals surface area contributed by atoms with Crippen molar-refractivity contribution in [2.45, 2.75) is 52.4 Å². The zero-order valence-corrected chi connectivity index (χ0v) is 12.9. The fourth-order valence-corrected chi connectivity index (χ4v) is 2.23. The van der Waals surface area contributed by atoms with E-state index >= 15 is 0 Å². The molecule has 0 bridgehead atoms. The Bertz CT molecular complexity index is 471. The van der Waals surface area contributed by atoms with Gasteiger partial charge < -0.3 is 4.52 Å². The molecule has 0 unspecified atom stereocenters. The van der Waals surface area contributed by atoms with E-state index in [1.54, 1.807) is 6.07 Å². The zero-order valence-electron chi connectivity index (χ0n) is 12.0. The lowest BCUT2D eigenvalue weighted by Crippen LogP contribution is -2.11. The molecule has 1 rings (SSSR count). The average molecular weight is 286 g/mol. The van der Waals surface area contributed by atoms with E-state index in [0.717, 1.165) is 30.4 Å². The van der Waals surface area contributed by atoms with Gasteiger partial charge in [0.1, 0.15) is 5.75 Å². The number of unbranched alkanes of at least 4 members (excludes halogenated alkanes) is 1. The lowest BCUT2D eigenvalue weighted by Gasteiger charge is -2.21. The zero-order chi connectivity index (χ0) is 14.7. The summed E-state index contributed by atoms with van der Waals surface area (Å²) >= 11 is 0. The van der Waals surface area contributed by atoms with Crippen molar-refractivity contribution in [3.63, 3.8) is 0 Å². The summed E-state index contributed by atoms with van der Waals surface area (Å²) in [5, 5.41) is 0. The van der Waals surface area contributed by atoms with E-state index in [4.69, 9.17) is 14.3 Å². The highest BCUT2D eigenvalue weighted by Gasteiger charge is 2.21. The molecule has 0 aromatic heterocycles. The Balaban J connectivity index is 3.14. The molecule has 19 heavy (non-hydrogen) atoms. The predicted molar refractivity (Wildman–Crippen MR) is 76.4 cm³/mol. The first-order chi connectivity index (χ1) is 8.63. The van der Waals surface area contributed by atoms with Gasteiger partial charge in [-0.15, -0.1) is 0 Å². The minimum atomic E-state index is -4.52. The summed E-state index contributed by atoms with van der Waals surface area (Å²) in [5.41, 5.74) is 1.76. The van der Waals surface area contributed by atoms with Crippen LogP contribution in [0.5, 0.6) is 5.75 Å². The van der Waals surface area contributed by atoms with Crippen molar-refractivity contribution in [2.75, 3.05) is 0 Å². The van der Waals surface area contributed by atoms with Crippen LogP contribution in [0.15, 0.2) is 18.2 Å². The van der Waals surface area contributed by atoms with Gasteiger partial charge in [-0.3, -0.25) is 9.79 Å². The molecule has 0 heterocycles. The van der Waals surface area contributed by atoms with Gasteiger partial charge in [0.05, 0.1) is 0 Å². The molecular weight excluding hydrogens is 263 g/mol. The summed E-state index contributed by atoms with van der Waals surface area (Å²) in [6, 6.07) is 5.64. The van der Waals surface area contributed by atoms with Crippen LogP contribution in [0.1, 0.15) is 51.7 Å². The largest absolute Gasteiger partial charge is 0.524 e. The quantitative estimate of drug-likeness (QED) is 0.808. The Morgan fingerprint density at radius 2 is 1.89 bits per heavy atom. The van der Waals surface area contributed by atoms with Gasteiger partial charge in [-0.2, -0.15) is 0 Å². The molecular formula is C14H23O4P. The lowest BCUT2D eigenvalue weighted by atomic mass is 9.86. The van der Waals surface area contributed by atoms with Crippen molar-refractivity contribution in [2.24, 2.45) is 0 Å². The first-order valence-electron chi connectivity index (χ1n) is 6.52. The molecule has 0 aliphatic rings. The highest BCUT2D eigenvalue weighted by atomic mass is 31.2. The molecule has 1 aromatic carbocycles. The summed E-state index contributed by atoms with van der Waals surface area (Å²) in [6.07, 6.45) is 2.75. The summed E-state index contributed by atoms with van der Waals surface area (Å²) in [6.45, 7) is 8.23. The van der Waals surface area contributed by atoms with Crippen LogP contribution in [0.3, 0.4) is 0 Å². The summed E-state index contributed by atoms with van der Waals surface area (Å²) in [7, 11) is -4.52. The summed E-state index contributed by atoms with van der Waals surface area (Å²) in [5.74, 6) is 0.300. The first kappa shape index (κ1) is 16.2. The smallest absolute Gasteiger partial charge is 0.404 e. The second-order valence-corrected chi connectivity index (χ2v) is 6.92. The molecule has 108 valence electrons. The van der Waals surface area contributed by atoms with E-state index in [1.165, 1.54) is 0 Å². The minimum absolute atomic E-state index is 0.0870. The number of hydrogen-bond donors (Lipinski definition) is 2. The topological polar surface area (TPSA) is 66.8 Å². The van der Waals surface area contributed by atoms with Crippen molar-refractivity contribution < 1.29 is 18.9 Å². The highest BCUT2D eigenvalue weighted by Crippen LogP contribution is 2.41. The van der Waals surface area contributed by atoms with Crippen LogP contribution in [0.4, 0.5) is 0 Å². The van der Waals surface area contributed by atoms with Crippen LogP contribution in [0.25, 0.3) is 0 Å². The highest BCUT2D eigenvalue weighted by molar-refractivity contribution is 7.46. The molecule has 1 aromatic rings. The summed E-state index contributed by atoms with van der Waals surface area (Å²) < 4.78 is 15.9. The van der Waals surface area contributed by atoms with Crippen molar-refractivity contribution >= 4 is 7.82 Å². The molecule has 0 amide bonds. The molecule has 0 aliphatic carbocycles. The lowest BCUT2D eigenvalue weighted by molar-refractivity contribution is 0.282. The van der Waals surface area contributed by atoms with Gasteiger partial charge in [-0.25, -0.2) is 4.57 Å².